The van der Waals surface area contributed by atoms with Crippen molar-refractivity contribution < 1.29 is 9.84 Å². The predicted molar refractivity (Wildman–Crippen MR) is 78.9 cm³/mol. The standard InChI is InChI=1S/C16H18N2O2/c1-11-8-12(16(17)18)6-7-14(11)10-20-15-5-3-2-4-13(15)9-19/h2-8,19H,9-10H2,1H3,(H3,17,18). The van der Waals surface area contributed by atoms with E-state index in [4.69, 9.17) is 15.9 Å². The Hall–Kier alpha value is -2.33. The fourth-order valence-electron chi connectivity index (χ4n) is 1.96. The molecule has 2 aromatic carbocycles. The zero-order chi connectivity index (χ0) is 14.5. The highest BCUT2D eigenvalue weighted by Gasteiger charge is 2.05. The summed E-state index contributed by atoms with van der Waals surface area (Å²) >= 11 is 0. The topological polar surface area (TPSA) is 79.3 Å². The molecule has 4 nitrogen and oxygen atoms in total. The summed E-state index contributed by atoms with van der Waals surface area (Å²) in [6.45, 7) is 2.34. The first-order valence-corrected chi connectivity index (χ1v) is 6.37. The fourth-order valence-corrected chi connectivity index (χ4v) is 1.96. The van der Waals surface area contributed by atoms with Gasteiger partial charge in [0.25, 0.3) is 0 Å². The number of aliphatic hydroxyl groups is 1. The van der Waals surface area contributed by atoms with E-state index in [1.54, 1.807) is 0 Å². The number of rotatable bonds is 5. The molecule has 0 saturated carbocycles. The van der Waals surface area contributed by atoms with Gasteiger partial charge < -0.3 is 15.6 Å². The van der Waals surface area contributed by atoms with Crippen LogP contribution in [0.5, 0.6) is 5.75 Å². The van der Waals surface area contributed by atoms with Crippen molar-refractivity contribution in [3.63, 3.8) is 0 Å². The quantitative estimate of drug-likeness (QED) is 0.576. The van der Waals surface area contributed by atoms with E-state index in [-0.39, 0.29) is 12.4 Å². The maximum absolute atomic E-state index is 9.25. The van der Waals surface area contributed by atoms with Gasteiger partial charge in [0.2, 0.25) is 0 Å². The van der Waals surface area contributed by atoms with Crippen molar-refractivity contribution in [3.05, 3.63) is 64.7 Å². The van der Waals surface area contributed by atoms with Crippen molar-refractivity contribution >= 4 is 5.84 Å². The Bertz CT molecular complexity index is 624. The lowest BCUT2D eigenvalue weighted by Gasteiger charge is -2.12. The first-order chi connectivity index (χ1) is 9.61. The van der Waals surface area contributed by atoms with Crippen molar-refractivity contribution in [1.82, 2.24) is 0 Å². The summed E-state index contributed by atoms with van der Waals surface area (Å²) in [4.78, 5) is 0. The minimum Gasteiger partial charge on any atom is -0.489 e. The van der Waals surface area contributed by atoms with Gasteiger partial charge in [-0.05, 0) is 30.2 Å². The molecule has 0 heterocycles. The molecule has 0 unspecified atom stereocenters. The van der Waals surface area contributed by atoms with Crippen LogP contribution in [0.15, 0.2) is 42.5 Å². The second kappa shape index (κ2) is 6.21. The molecular weight excluding hydrogens is 252 g/mol. The number of aliphatic hydroxyl groups excluding tert-OH is 1. The summed E-state index contributed by atoms with van der Waals surface area (Å²) < 4.78 is 5.75. The molecule has 0 aliphatic carbocycles. The molecule has 0 bridgehead atoms. The van der Waals surface area contributed by atoms with Crippen LogP contribution in [-0.4, -0.2) is 10.9 Å². The van der Waals surface area contributed by atoms with Crippen LogP contribution >= 0.6 is 0 Å². The number of ether oxygens (including phenoxy) is 1. The molecule has 2 rings (SSSR count). The van der Waals surface area contributed by atoms with E-state index in [2.05, 4.69) is 0 Å². The smallest absolute Gasteiger partial charge is 0.125 e. The van der Waals surface area contributed by atoms with Crippen molar-refractivity contribution in [2.45, 2.75) is 20.1 Å². The third kappa shape index (κ3) is 3.16. The molecule has 0 aliphatic heterocycles. The van der Waals surface area contributed by atoms with Crippen molar-refractivity contribution in [2.75, 3.05) is 0 Å². The summed E-state index contributed by atoms with van der Waals surface area (Å²) in [5, 5.41) is 16.7. The third-order valence-electron chi connectivity index (χ3n) is 3.18. The van der Waals surface area contributed by atoms with E-state index in [0.717, 1.165) is 16.7 Å². The largest absolute Gasteiger partial charge is 0.489 e. The van der Waals surface area contributed by atoms with Crippen molar-refractivity contribution in [3.8, 4) is 5.75 Å². The number of para-hydroxylation sites is 1. The second-order valence-corrected chi connectivity index (χ2v) is 4.61. The van der Waals surface area contributed by atoms with Gasteiger partial charge in [-0.25, -0.2) is 0 Å². The van der Waals surface area contributed by atoms with E-state index < -0.39 is 0 Å². The van der Waals surface area contributed by atoms with Gasteiger partial charge in [-0.15, -0.1) is 0 Å². The maximum atomic E-state index is 9.25. The van der Waals surface area contributed by atoms with E-state index in [1.165, 1.54) is 0 Å². The summed E-state index contributed by atoms with van der Waals surface area (Å²) in [5.41, 5.74) is 9.00. The van der Waals surface area contributed by atoms with E-state index >= 15 is 0 Å². The molecule has 4 N–H and O–H groups in total. The number of amidine groups is 1. The number of hydrogen-bond donors (Lipinski definition) is 3. The fraction of sp³-hybridized carbons (Fsp3) is 0.188. The van der Waals surface area contributed by atoms with Crippen molar-refractivity contribution in [1.29, 1.82) is 5.41 Å². The Labute approximate surface area is 118 Å². The van der Waals surface area contributed by atoms with E-state index in [0.29, 0.717) is 17.9 Å². The highest BCUT2D eigenvalue weighted by Crippen LogP contribution is 2.20. The first-order valence-electron chi connectivity index (χ1n) is 6.37. The summed E-state index contributed by atoms with van der Waals surface area (Å²) in [6.07, 6.45) is 0. The molecule has 0 saturated heterocycles. The van der Waals surface area contributed by atoms with Gasteiger partial charge in [0.15, 0.2) is 0 Å². The molecule has 4 heteroatoms. The molecule has 2 aromatic rings. The molecule has 0 amide bonds. The van der Waals surface area contributed by atoms with Crippen LogP contribution in [0.3, 0.4) is 0 Å². The summed E-state index contributed by atoms with van der Waals surface area (Å²) in [6, 6.07) is 13.0. The molecule has 0 aromatic heterocycles. The van der Waals surface area contributed by atoms with Gasteiger partial charge >= 0.3 is 0 Å². The van der Waals surface area contributed by atoms with E-state index in [9.17, 15) is 5.11 Å². The van der Waals surface area contributed by atoms with Crippen LogP contribution in [0.4, 0.5) is 0 Å². The maximum Gasteiger partial charge on any atom is 0.125 e. The van der Waals surface area contributed by atoms with Crippen LogP contribution < -0.4 is 10.5 Å². The number of nitrogens with one attached hydrogen (secondary N) is 1. The molecule has 104 valence electrons. The molecular formula is C16H18N2O2. The number of hydrogen-bond acceptors (Lipinski definition) is 3. The minimum atomic E-state index is -0.0432. The Morgan fingerprint density at radius 3 is 2.60 bits per heavy atom. The van der Waals surface area contributed by atoms with Crippen LogP contribution in [0.2, 0.25) is 0 Å². The highest BCUT2D eigenvalue weighted by molar-refractivity contribution is 5.95. The number of nitrogens with two attached hydrogens (primary N) is 1. The SMILES string of the molecule is Cc1cc(C(=N)N)ccc1COc1ccccc1CO. The molecule has 0 atom stereocenters. The van der Waals surface area contributed by atoms with Gasteiger partial charge in [0.1, 0.15) is 18.2 Å². The van der Waals surface area contributed by atoms with Gasteiger partial charge in [-0.3, -0.25) is 5.41 Å². The molecule has 20 heavy (non-hydrogen) atoms. The first kappa shape index (κ1) is 14.1. The monoisotopic (exact) mass is 270 g/mol. The summed E-state index contributed by atoms with van der Waals surface area (Å²) in [7, 11) is 0. The number of benzene rings is 2. The second-order valence-electron chi connectivity index (χ2n) is 4.61. The van der Waals surface area contributed by atoms with Gasteiger partial charge in [-0.1, -0.05) is 30.3 Å². The zero-order valence-electron chi connectivity index (χ0n) is 11.4. The van der Waals surface area contributed by atoms with Gasteiger partial charge in [-0.2, -0.15) is 0 Å². The Balaban J connectivity index is 2.13. The summed E-state index contributed by atoms with van der Waals surface area (Å²) in [5.74, 6) is 0.747. The number of nitrogen functional groups attached to an aromatic ring is 1. The van der Waals surface area contributed by atoms with Crippen LogP contribution in [0.25, 0.3) is 0 Å². The van der Waals surface area contributed by atoms with Gasteiger partial charge in [0, 0.05) is 11.1 Å². The van der Waals surface area contributed by atoms with Crippen LogP contribution in [-0.2, 0) is 13.2 Å². The average molecular weight is 270 g/mol. The van der Waals surface area contributed by atoms with Crippen molar-refractivity contribution in [2.24, 2.45) is 5.73 Å². The van der Waals surface area contributed by atoms with Gasteiger partial charge in [0.05, 0.1) is 6.61 Å². The van der Waals surface area contributed by atoms with E-state index in [1.807, 2.05) is 49.4 Å². The number of aryl methyl sites for hydroxylation is 1. The van der Waals surface area contributed by atoms with Crippen LogP contribution in [0.1, 0.15) is 22.3 Å². The lowest BCUT2D eigenvalue weighted by atomic mass is 10.1. The minimum absolute atomic E-state index is 0.0432. The third-order valence-corrected chi connectivity index (χ3v) is 3.18. The lowest BCUT2D eigenvalue weighted by Crippen LogP contribution is -2.11. The Morgan fingerprint density at radius 2 is 1.95 bits per heavy atom. The highest BCUT2D eigenvalue weighted by atomic mass is 16.5. The van der Waals surface area contributed by atoms with Crippen LogP contribution in [0, 0.1) is 12.3 Å². The molecule has 0 radical (unpaired) electrons. The Morgan fingerprint density at radius 1 is 1.20 bits per heavy atom. The molecule has 0 spiro atoms. The predicted octanol–water partition coefficient (Wildman–Crippen LogP) is 2.35. The zero-order valence-corrected chi connectivity index (χ0v) is 11.4. The lowest BCUT2D eigenvalue weighted by molar-refractivity contribution is 0.259. The molecule has 0 fully saturated rings. The normalized spacial score (nSPS) is 10.3. The Kier molecular flexibility index (Phi) is 4.38. The molecule has 0 aliphatic rings. The average Bonchev–Trinajstić information content (AvgIpc) is 2.46.